The number of likely N-dealkylation sites (N-methyl/N-ethyl adjacent to an activating group) is 1. The van der Waals surface area contributed by atoms with Crippen LogP contribution in [0.15, 0.2) is 43.1 Å². The molecule has 1 aromatic heterocycles. The van der Waals surface area contributed by atoms with Crippen LogP contribution in [0.25, 0.3) is 10.9 Å². The van der Waals surface area contributed by atoms with Crippen LogP contribution >= 0.6 is 12.4 Å². The number of hydrogen-bond acceptors (Lipinski definition) is 2. The third-order valence-electron chi connectivity index (χ3n) is 3.21. The quantitative estimate of drug-likeness (QED) is 0.829. The molecule has 3 N–H and O–H groups in total. The van der Waals surface area contributed by atoms with Crippen molar-refractivity contribution in [2.24, 2.45) is 5.73 Å². The zero-order valence-electron chi connectivity index (χ0n) is 11.5. The maximum Gasteiger partial charge on any atom is 0.239 e. The number of aromatic nitrogens is 1. The number of H-pyrrole nitrogens is 1. The van der Waals surface area contributed by atoms with Crippen molar-refractivity contribution in [3.63, 3.8) is 0 Å². The van der Waals surface area contributed by atoms with Crippen LogP contribution in [0.1, 0.15) is 5.56 Å². The van der Waals surface area contributed by atoms with Gasteiger partial charge in [-0.25, -0.2) is 0 Å². The fraction of sp³-hybridized carbons (Fsp3) is 0.267. The van der Waals surface area contributed by atoms with Gasteiger partial charge in [-0.05, 0) is 18.1 Å². The highest BCUT2D eigenvalue weighted by molar-refractivity contribution is 5.86. The van der Waals surface area contributed by atoms with Crippen molar-refractivity contribution < 1.29 is 4.79 Å². The molecule has 108 valence electrons. The number of hydrogen-bond donors (Lipinski definition) is 2. The van der Waals surface area contributed by atoms with E-state index in [1.807, 2.05) is 30.5 Å². The van der Waals surface area contributed by atoms with Gasteiger partial charge in [0, 0.05) is 30.7 Å². The van der Waals surface area contributed by atoms with Crippen molar-refractivity contribution in [3.05, 3.63) is 48.7 Å². The Balaban J connectivity index is 0.00000200. The molecule has 2 rings (SSSR count). The summed E-state index contributed by atoms with van der Waals surface area (Å²) in [6, 6.07) is 7.48. The summed E-state index contributed by atoms with van der Waals surface area (Å²) in [5, 5.41) is 1.12. The van der Waals surface area contributed by atoms with Gasteiger partial charge in [-0.1, -0.05) is 24.3 Å². The van der Waals surface area contributed by atoms with Gasteiger partial charge in [0.25, 0.3) is 0 Å². The molecule has 0 saturated carbocycles. The van der Waals surface area contributed by atoms with Gasteiger partial charge in [0.2, 0.25) is 5.91 Å². The Labute approximate surface area is 125 Å². The van der Waals surface area contributed by atoms with E-state index in [-0.39, 0.29) is 18.3 Å². The van der Waals surface area contributed by atoms with Crippen molar-refractivity contribution in [1.29, 1.82) is 0 Å². The third-order valence-corrected chi connectivity index (χ3v) is 3.21. The molecule has 0 saturated heterocycles. The Kier molecular flexibility index (Phi) is 5.80. The Morgan fingerprint density at radius 3 is 2.90 bits per heavy atom. The molecular formula is C15H20ClN3O. The van der Waals surface area contributed by atoms with Crippen LogP contribution in [0.5, 0.6) is 0 Å². The first-order valence-corrected chi connectivity index (χ1v) is 6.30. The second kappa shape index (κ2) is 7.12. The standard InChI is InChI=1S/C15H19N3O.ClH/c1-3-8-18(2)15(19)13(16)9-11-10-17-14-7-5-4-6-12(11)14;/h3-7,10,13,17H,1,8-9,16H2,2H3;1H/t13-;/m0./s1. The molecule has 5 heteroatoms. The van der Waals surface area contributed by atoms with Crippen LogP contribution in [0.2, 0.25) is 0 Å². The molecule has 1 heterocycles. The van der Waals surface area contributed by atoms with E-state index in [9.17, 15) is 4.79 Å². The first kappa shape index (κ1) is 16.3. The Morgan fingerprint density at radius 2 is 2.20 bits per heavy atom. The fourth-order valence-electron chi connectivity index (χ4n) is 2.19. The minimum Gasteiger partial charge on any atom is -0.361 e. The van der Waals surface area contributed by atoms with Crippen molar-refractivity contribution >= 4 is 29.2 Å². The average Bonchev–Trinajstić information content (AvgIpc) is 2.81. The first-order chi connectivity index (χ1) is 9.13. The van der Waals surface area contributed by atoms with E-state index >= 15 is 0 Å². The molecule has 0 bridgehead atoms. The average molecular weight is 294 g/mol. The molecule has 1 aromatic carbocycles. The van der Waals surface area contributed by atoms with Gasteiger partial charge in [0.05, 0.1) is 6.04 Å². The molecule has 0 fully saturated rings. The number of carbonyl (C=O) groups excluding carboxylic acids is 1. The SMILES string of the molecule is C=CCN(C)C(=O)[C@@H](N)Cc1c[nH]c2ccccc12.Cl. The number of aromatic amines is 1. The van der Waals surface area contributed by atoms with E-state index in [2.05, 4.69) is 11.6 Å². The zero-order chi connectivity index (χ0) is 13.8. The smallest absolute Gasteiger partial charge is 0.239 e. The topological polar surface area (TPSA) is 62.1 Å². The highest BCUT2D eigenvalue weighted by atomic mass is 35.5. The Hall–Kier alpha value is -1.78. The molecule has 20 heavy (non-hydrogen) atoms. The van der Waals surface area contributed by atoms with E-state index < -0.39 is 6.04 Å². The minimum absolute atomic E-state index is 0. The van der Waals surface area contributed by atoms with Gasteiger partial charge in [-0.2, -0.15) is 0 Å². The second-order valence-corrected chi connectivity index (χ2v) is 4.68. The molecular weight excluding hydrogens is 274 g/mol. The van der Waals surface area contributed by atoms with Crippen LogP contribution in [0.4, 0.5) is 0 Å². The van der Waals surface area contributed by atoms with Crippen LogP contribution < -0.4 is 5.73 Å². The van der Waals surface area contributed by atoms with Crippen LogP contribution in [0, 0.1) is 0 Å². The number of para-hydroxylation sites is 1. The number of fused-ring (bicyclic) bond motifs is 1. The number of nitrogens with one attached hydrogen (secondary N) is 1. The van der Waals surface area contributed by atoms with Gasteiger partial charge in [-0.15, -0.1) is 19.0 Å². The van der Waals surface area contributed by atoms with Crippen molar-refractivity contribution in [2.75, 3.05) is 13.6 Å². The number of benzene rings is 1. The van der Waals surface area contributed by atoms with E-state index in [4.69, 9.17) is 5.73 Å². The van der Waals surface area contributed by atoms with Gasteiger partial charge in [0.1, 0.15) is 0 Å². The predicted octanol–water partition coefficient (Wildman–Crippen LogP) is 2.10. The lowest BCUT2D eigenvalue weighted by Gasteiger charge is -2.19. The highest BCUT2D eigenvalue weighted by Crippen LogP contribution is 2.18. The van der Waals surface area contributed by atoms with Crippen molar-refractivity contribution in [3.8, 4) is 0 Å². The van der Waals surface area contributed by atoms with Crippen LogP contribution in [-0.2, 0) is 11.2 Å². The van der Waals surface area contributed by atoms with Gasteiger partial charge in [-0.3, -0.25) is 4.79 Å². The monoisotopic (exact) mass is 293 g/mol. The molecule has 1 atom stereocenters. The van der Waals surface area contributed by atoms with Gasteiger partial charge < -0.3 is 15.6 Å². The van der Waals surface area contributed by atoms with Gasteiger partial charge in [0.15, 0.2) is 0 Å². The summed E-state index contributed by atoms with van der Waals surface area (Å²) in [5.41, 5.74) is 8.13. The maximum absolute atomic E-state index is 12.0. The lowest BCUT2D eigenvalue weighted by Crippen LogP contribution is -2.43. The zero-order valence-corrected chi connectivity index (χ0v) is 12.3. The largest absolute Gasteiger partial charge is 0.361 e. The molecule has 0 aliphatic heterocycles. The lowest BCUT2D eigenvalue weighted by atomic mass is 10.0. The van der Waals surface area contributed by atoms with E-state index in [0.29, 0.717) is 13.0 Å². The summed E-state index contributed by atoms with van der Waals surface area (Å²) in [7, 11) is 1.74. The molecule has 2 aromatic rings. The first-order valence-electron chi connectivity index (χ1n) is 6.30. The molecule has 0 radical (unpaired) electrons. The van der Waals surface area contributed by atoms with E-state index in [1.54, 1.807) is 18.0 Å². The Bertz CT molecular complexity index is 594. The fourth-order valence-corrected chi connectivity index (χ4v) is 2.19. The van der Waals surface area contributed by atoms with Crippen LogP contribution in [-0.4, -0.2) is 35.4 Å². The molecule has 4 nitrogen and oxygen atoms in total. The normalized spacial score (nSPS) is 11.7. The number of rotatable bonds is 5. The third kappa shape index (κ3) is 3.40. The number of nitrogens with zero attached hydrogens (tertiary/aromatic N) is 1. The van der Waals surface area contributed by atoms with E-state index in [0.717, 1.165) is 16.5 Å². The summed E-state index contributed by atoms with van der Waals surface area (Å²) in [4.78, 5) is 16.8. The summed E-state index contributed by atoms with van der Waals surface area (Å²) in [6.07, 6.45) is 4.14. The molecule has 0 spiro atoms. The van der Waals surface area contributed by atoms with Crippen LogP contribution in [0.3, 0.4) is 0 Å². The van der Waals surface area contributed by atoms with Gasteiger partial charge >= 0.3 is 0 Å². The summed E-state index contributed by atoms with van der Waals surface area (Å²) >= 11 is 0. The summed E-state index contributed by atoms with van der Waals surface area (Å²) < 4.78 is 0. The lowest BCUT2D eigenvalue weighted by molar-refractivity contribution is -0.130. The summed E-state index contributed by atoms with van der Waals surface area (Å²) in [5.74, 6) is -0.0646. The van der Waals surface area contributed by atoms with E-state index in [1.165, 1.54) is 0 Å². The molecule has 0 aliphatic carbocycles. The Morgan fingerprint density at radius 1 is 1.50 bits per heavy atom. The van der Waals surface area contributed by atoms with Crippen molar-refractivity contribution in [1.82, 2.24) is 9.88 Å². The number of halogens is 1. The molecule has 0 unspecified atom stereocenters. The number of nitrogens with two attached hydrogens (primary N) is 1. The van der Waals surface area contributed by atoms with Crippen molar-refractivity contribution in [2.45, 2.75) is 12.5 Å². The number of amides is 1. The maximum atomic E-state index is 12.0. The number of carbonyl (C=O) groups is 1. The molecule has 1 amide bonds. The highest BCUT2D eigenvalue weighted by Gasteiger charge is 2.18. The predicted molar refractivity (Wildman–Crippen MR) is 85.1 cm³/mol. The summed E-state index contributed by atoms with van der Waals surface area (Å²) in [6.45, 7) is 4.13. The second-order valence-electron chi connectivity index (χ2n) is 4.68. The minimum atomic E-state index is -0.524. The molecule has 0 aliphatic rings.